The largest absolute Gasteiger partial charge is 0.494 e. The summed E-state index contributed by atoms with van der Waals surface area (Å²) in [4.78, 5) is 0. The standard InChI is InChI=1S/C23H30F3NO4P/c1-16-5-6-17(2)19(12-16)4-3-11-30-21-8-7-18(13-20(21)23(24,25)26)9-10-22(27,14-28)15-31-32-29/h5-8,12-13,28,32H,3-4,9-11,14-15,27H2,1-2H3/q+1. The monoisotopic (exact) mass is 472 g/mol. The molecule has 0 fully saturated rings. The van der Waals surface area contributed by atoms with Crippen molar-refractivity contribution in [2.24, 2.45) is 5.73 Å². The summed E-state index contributed by atoms with van der Waals surface area (Å²) < 4.78 is 61.6. The second-order valence-electron chi connectivity index (χ2n) is 8.10. The first-order chi connectivity index (χ1) is 15.1. The van der Waals surface area contributed by atoms with E-state index in [1.54, 1.807) is 6.07 Å². The molecule has 0 amide bonds. The summed E-state index contributed by atoms with van der Waals surface area (Å²) in [6, 6.07) is 10.1. The van der Waals surface area contributed by atoms with Crippen LogP contribution in [0.15, 0.2) is 36.4 Å². The maximum absolute atomic E-state index is 13.6. The minimum atomic E-state index is -4.57. The zero-order valence-corrected chi connectivity index (χ0v) is 19.3. The highest BCUT2D eigenvalue weighted by Gasteiger charge is 2.35. The van der Waals surface area contributed by atoms with Crippen LogP contribution in [0.25, 0.3) is 0 Å². The van der Waals surface area contributed by atoms with Crippen LogP contribution in [-0.4, -0.2) is 30.5 Å². The number of hydrogen-bond donors (Lipinski definition) is 2. The van der Waals surface area contributed by atoms with Crippen molar-refractivity contribution in [2.45, 2.75) is 51.2 Å². The van der Waals surface area contributed by atoms with Gasteiger partial charge in [0.2, 0.25) is 0 Å². The molecule has 0 spiro atoms. The van der Waals surface area contributed by atoms with Crippen LogP contribution < -0.4 is 10.5 Å². The van der Waals surface area contributed by atoms with Gasteiger partial charge in [0.15, 0.2) is 0 Å². The lowest BCUT2D eigenvalue weighted by molar-refractivity contribution is -0.139. The third-order valence-corrected chi connectivity index (χ3v) is 5.61. The third-order valence-electron chi connectivity index (χ3n) is 5.35. The van der Waals surface area contributed by atoms with Gasteiger partial charge in [-0.15, -0.1) is 4.52 Å². The molecule has 2 atom stereocenters. The van der Waals surface area contributed by atoms with Gasteiger partial charge in [0.05, 0.1) is 24.3 Å². The number of aliphatic hydroxyl groups is 1. The van der Waals surface area contributed by atoms with Crippen molar-refractivity contribution >= 4 is 8.69 Å². The average molecular weight is 472 g/mol. The van der Waals surface area contributed by atoms with E-state index in [1.165, 1.54) is 6.07 Å². The fourth-order valence-electron chi connectivity index (χ4n) is 3.36. The smallest absolute Gasteiger partial charge is 0.493 e. The summed E-state index contributed by atoms with van der Waals surface area (Å²) in [5.41, 5.74) is 7.82. The lowest BCUT2D eigenvalue weighted by Gasteiger charge is -2.24. The average Bonchev–Trinajstić information content (AvgIpc) is 2.75. The fourth-order valence-corrected chi connectivity index (χ4v) is 3.70. The molecule has 176 valence electrons. The number of rotatable bonds is 12. The number of alkyl halides is 3. The highest BCUT2D eigenvalue weighted by molar-refractivity contribution is 7.17. The van der Waals surface area contributed by atoms with Gasteiger partial charge in [-0.2, -0.15) is 13.2 Å². The molecule has 2 rings (SSSR count). The molecule has 0 aromatic heterocycles. The Labute approximate surface area is 188 Å². The summed E-state index contributed by atoms with van der Waals surface area (Å²) in [6.07, 6.45) is -2.89. The molecule has 3 N–H and O–H groups in total. The van der Waals surface area contributed by atoms with Crippen LogP contribution in [0.3, 0.4) is 0 Å². The molecular weight excluding hydrogens is 442 g/mol. The van der Waals surface area contributed by atoms with Crippen molar-refractivity contribution in [1.29, 1.82) is 0 Å². The summed E-state index contributed by atoms with van der Waals surface area (Å²) in [5, 5.41) is 9.45. The maximum Gasteiger partial charge on any atom is 0.494 e. The molecule has 2 unspecified atom stereocenters. The molecule has 32 heavy (non-hydrogen) atoms. The molecular formula is C23H30F3NO4P+. The van der Waals surface area contributed by atoms with Gasteiger partial charge in [0.1, 0.15) is 12.4 Å². The fraction of sp³-hybridized carbons (Fsp3) is 0.478. The maximum atomic E-state index is 13.6. The van der Waals surface area contributed by atoms with Gasteiger partial charge in [-0.1, -0.05) is 29.8 Å². The Morgan fingerprint density at radius 2 is 1.84 bits per heavy atom. The van der Waals surface area contributed by atoms with Crippen molar-refractivity contribution in [3.8, 4) is 5.75 Å². The zero-order valence-electron chi connectivity index (χ0n) is 18.3. The first-order valence-electron chi connectivity index (χ1n) is 10.4. The second kappa shape index (κ2) is 11.8. The molecule has 2 aromatic rings. The summed E-state index contributed by atoms with van der Waals surface area (Å²) >= 11 is 0. The van der Waals surface area contributed by atoms with Crippen molar-refractivity contribution < 1.29 is 32.1 Å². The van der Waals surface area contributed by atoms with E-state index in [-0.39, 0.29) is 31.8 Å². The predicted molar refractivity (Wildman–Crippen MR) is 118 cm³/mol. The van der Waals surface area contributed by atoms with E-state index in [9.17, 15) is 22.8 Å². The first-order valence-corrected chi connectivity index (χ1v) is 11.2. The third kappa shape index (κ3) is 7.85. The normalized spacial score (nSPS) is 13.8. The van der Waals surface area contributed by atoms with Crippen molar-refractivity contribution in [3.63, 3.8) is 0 Å². The van der Waals surface area contributed by atoms with Crippen molar-refractivity contribution in [1.82, 2.24) is 0 Å². The van der Waals surface area contributed by atoms with Gasteiger partial charge in [-0.25, -0.2) is 0 Å². The van der Waals surface area contributed by atoms with Crippen molar-refractivity contribution in [2.75, 3.05) is 19.8 Å². The minimum Gasteiger partial charge on any atom is -0.493 e. The van der Waals surface area contributed by atoms with Gasteiger partial charge in [-0.05, 0) is 72.9 Å². The zero-order chi connectivity index (χ0) is 23.8. The minimum absolute atomic E-state index is 0.154. The Kier molecular flexibility index (Phi) is 9.64. The van der Waals surface area contributed by atoms with Gasteiger partial charge in [0, 0.05) is 0 Å². The van der Waals surface area contributed by atoms with Crippen LogP contribution in [0.2, 0.25) is 0 Å². The first kappa shape index (κ1) is 26.3. The lowest BCUT2D eigenvalue weighted by atomic mass is 9.93. The Hall–Kier alpha value is -1.99. The number of aryl methyl sites for hydroxylation is 4. The highest BCUT2D eigenvalue weighted by Crippen LogP contribution is 2.37. The van der Waals surface area contributed by atoms with Crippen LogP contribution in [-0.2, 0) is 28.1 Å². The Bertz CT molecular complexity index is 907. The molecule has 2 aromatic carbocycles. The number of halogens is 3. The molecule has 0 bridgehead atoms. The topological polar surface area (TPSA) is 81.8 Å². The summed E-state index contributed by atoms with van der Waals surface area (Å²) in [5.74, 6) is -0.209. The molecule has 0 heterocycles. The van der Waals surface area contributed by atoms with E-state index in [0.717, 1.165) is 29.2 Å². The van der Waals surface area contributed by atoms with E-state index in [2.05, 4.69) is 6.07 Å². The molecule has 0 saturated heterocycles. The van der Waals surface area contributed by atoms with Crippen LogP contribution in [0, 0.1) is 13.8 Å². The summed E-state index contributed by atoms with van der Waals surface area (Å²) in [6.45, 7) is 3.59. The van der Waals surface area contributed by atoms with Crippen LogP contribution in [0.5, 0.6) is 5.75 Å². The number of nitrogens with two attached hydrogens (primary N) is 1. The lowest BCUT2D eigenvalue weighted by Crippen LogP contribution is -2.47. The van der Waals surface area contributed by atoms with E-state index in [1.807, 2.05) is 26.0 Å². The Balaban J connectivity index is 2.03. The molecule has 0 saturated carbocycles. The van der Waals surface area contributed by atoms with Crippen LogP contribution in [0.4, 0.5) is 13.2 Å². The SMILES string of the molecule is Cc1ccc(C)c(CCCOc2ccc(CCC(N)(CO)CO[PH+]=O)cc2C(F)(F)F)c1. The van der Waals surface area contributed by atoms with E-state index >= 15 is 0 Å². The van der Waals surface area contributed by atoms with Gasteiger partial charge in [-0.3, -0.25) is 0 Å². The van der Waals surface area contributed by atoms with Gasteiger partial charge in [0.25, 0.3) is 0 Å². The quantitative estimate of drug-likeness (QED) is 0.339. The van der Waals surface area contributed by atoms with E-state index in [0.29, 0.717) is 12.0 Å². The van der Waals surface area contributed by atoms with Crippen LogP contribution >= 0.6 is 8.69 Å². The highest BCUT2D eigenvalue weighted by atomic mass is 31.1. The molecule has 0 aliphatic heterocycles. The Morgan fingerprint density at radius 1 is 1.09 bits per heavy atom. The summed E-state index contributed by atoms with van der Waals surface area (Å²) in [7, 11) is -1.02. The molecule has 0 aliphatic carbocycles. The number of hydrogen-bond acceptors (Lipinski definition) is 5. The van der Waals surface area contributed by atoms with E-state index < -0.39 is 32.6 Å². The van der Waals surface area contributed by atoms with Gasteiger partial charge >= 0.3 is 14.9 Å². The van der Waals surface area contributed by atoms with Gasteiger partial charge < -0.3 is 15.6 Å². The number of ether oxygens (including phenoxy) is 1. The van der Waals surface area contributed by atoms with E-state index in [4.69, 9.17) is 15.0 Å². The van der Waals surface area contributed by atoms with Crippen molar-refractivity contribution in [3.05, 3.63) is 64.2 Å². The predicted octanol–water partition coefficient (Wildman–Crippen LogP) is 4.91. The second-order valence-corrected chi connectivity index (χ2v) is 8.56. The molecule has 5 nitrogen and oxygen atoms in total. The Morgan fingerprint density at radius 3 is 2.50 bits per heavy atom. The molecule has 9 heteroatoms. The molecule has 0 radical (unpaired) electrons. The number of benzene rings is 2. The molecule has 0 aliphatic rings. The number of aliphatic hydroxyl groups excluding tert-OH is 1. The van der Waals surface area contributed by atoms with Crippen LogP contribution in [0.1, 0.15) is 40.7 Å².